The number of amidine groups is 1. The smallest absolute Gasteiger partial charge is 0.322 e. The molecule has 1 aromatic rings. The molecule has 0 radical (unpaired) electrons. The van der Waals surface area contributed by atoms with Crippen molar-refractivity contribution in [3.8, 4) is 0 Å². The maximum atomic E-state index is 12.7. The maximum absolute atomic E-state index is 12.7. The van der Waals surface area contributed by atoms with E-state index in [0.29, 0.717) is 0 Å². The van der Waals surface area contributed by atoms with E-state index in [1.54, 1.807) is 0 Å². The lowest BCUT2D eigenvalue weighted by Gasteiger charge is -2.38. The Hall–Kier alpha value is -1.40. The molecular weight excluding hydrogens is 392 g/mol. The molecule has 1 atom stereocenters. The zero-order chi connectivity index (χ0) is 18.9. The number of hydrogen-bond donors (Lipinski definition) is 2. The van der Waals surface area contributed by atoms with Gasteiger partial charge in [0.2, 0.25) is 0 Å². The quantitative estimate of drug-likeness (QED) is 0.574. The average Bonchev–Trinajstić information content (AvgIpc) is 3.46. The number of carbonyl (C=O) groups is 1. The molecule has 142 valence electrons. The van der Waals surface area contributed by atoms with Crippen molar-refractivity contribution in [2.45, 2.75) is 45.1 Å². The van der Waals surface area contributed by atoms with E-state index in [1.807, 2.05) is 36.1 Å². The number of halogens is 1. The number of rotatable bonds is 4. The second-order valence-corrected chi connectivity index (χ2v) is 8.84. The van der Waals surface area contributed by atoms with Gasteiger partial charge in [0.1, 0.15) is 5.84 Å². The molecule has 2 amide bonds. The summed E-state index contributed by atoms with van der Waals surface area (Å²) in [5, 5.41) is 11.5. The van der Waals surface area contributed by atoms with Crippen LogP contribution >= 0.6 is 15.9 Å². The first-order chi connectivity index (χ1) is 12.3. The van der Waals surface area contributed by atoms with Gasteiger partial charge in [0.15, 0.2) is 0 Å². The van der Waals surface area contributed by atoms with Crippen molar-refractivity contribution >= 4 is 27.8 Å². The molecule has 1 saturated carbocycles. The standard InChI is InChI=1S/C20H29BrN4O/c1-14(2)20(3,15-4-6-16(21)7-5-15)18(22)23-19(26)25-12-10-24(11-13-25)17-8-9-17/h4-7,14,17H,8-13H2,1-3H3,(H2,22,23,26). The lowest BCUT2D eigenvalue weighted by molar-refractivity contribution is 0.137. The van der Waals surface area contributed by atoms with Crippen LogP contribution in [0.3, 0.4) is 0 Å². The van der Waals surface area contributed by atoms with E-state index < -0.39 is 5.41 Å². The van der Waals surface area contributed by atoms with Crippen LogP contribution in [0.4, 0.5) is 4.79 Å². The van der Waals surface area contributed by atoms with Gasteiger partial charge >= 0.3 is 6.03 Å². The molecule has 2 aliphatic rings. The Bertz CT molecular complexity index is 663. The molecule has 0 bridgehead atoms. The van der Waals surface area contributed by atoms with Gasteiger partial charge in [-0.2, -0.15) is 0 Å². The van der Waals surface area contributed by atoms with Crippen LogP contribution in [-0.4, -0.2) is 53.9 Å². The molecular formula is C20H29BrN4O. The Morgan fingerprint density at radius 1 is 1.19 bits per heavy atom. The predicted molar refractivity (Wildman–Crippen MR) is 109 cm³/mol. The van der Waals surface area contributed by atoms with E-state index in [1.165, 1.54) is 12.8 Å². The highest BCUT2D eigenvalue weighted by atomic mass is 79.9. The Morgan fingerprint density at radius 3 is 2.27 bits per heavy atom. The zero-order valence-electron chi connectivity index (χ0n) is 15.9. The first kappa shape index (κ1) is 19.4. The highest BCUT2D eigenvalue weighted by Gasteiger charge is 2.38. The van der Waals surface area contributed by atoms with Crippen molar-refractivity contribution < 1.29 is 4.79 Å². The van der Waals surface area contributed by atoms with Gasteiger partial charge < -0.3 is 4.90 Å². The van der Waals surface area contributed by atoms with Crippen LogP contribution in [0.2, 0.25) is 0 Å². The maximum Gasteiger partial charge on any atom is 0.322 e. The number of carbonyl (C=O) groups excluding carboxylic acids is 1. The highest BCUT2D eigenvalue weighted by Crippen LogP contribution is 2.33. The van der Waals surface area contributed by atoms with Gasteiger partial charge in [-0.05, 0) is 43.4 Å². The van der Waals surface area contributed by atoms with E-state index in [9.17, 15) is 4.79 Å². The molecule has 1 heterocycles. The van der Waals surface area contributed by atoms with Gasteiger partial charge in [0, 0.05) is 36.7 Å². The van der Waals surface area contributed by atoms with Crippen LogP contribution in [0.15, 0.2) is 28.7 Å². The van der Waals surface area contributed by atoms with Crippen molar-refractivity contribution in [1.82, 2.24) is 15.1 Å². The fourth-order valence-corrected chi connectivity index (χ4v) is 3.87. The summed E-state index contributed by atoms with van der Waals surface area (Å²) in [5.41, 5.74) is 0.506. The molecule has 5 nitrogen and oxygen atoms in total. The van der Waals surface area contributed by atoms with Gasteiger partial charge in [-0.15, -0.1) is 0 Å². The minimum absolute atomic E-state index is 0.144. The summed E-state index contributed by atoms with van der Waals surface area (Å²) in [6.07, 6.45) is 2.60. The second kappa shape index (κ2) is 7.69. The summed E-state index contributed by atoms with van der Waals surface area (Å²) in [7, 11) is 0. The fraction of sp³-hybridized carbons (Fsp3) is 0.600. The highest BCUT2D eigenvalue weighted by molar-refractivity contribution is 9.10. The third-order valence-corrected chi connectivity index (χ3v) is 6.54. The Morgan fingerprint density at radius 2 is 1.77 bits per heavy atom. The van der Waals surface area contributed by atoms with Gasteiger partial charge in [-0.25, -0.2) is 4.79 Å². The summed E-state index contributed by atoms with van der Waals surface area (Å²) in [6.45, 7) is 9.60. The number of benzene rings is 1. The summed E-state index contributed by atoms with van der Waals surface area (Å²) >= 11 is 3.46. The summed E-state index contributed by atoms with van der Waals surface area (Å²) in [5.74, 6) is 0.452. The first-order valence-corrected chi connectivity index (χ1v) is 10.3. The zero-order valence-corrected chi connectivity index (χ0v) is 17.5. The summed E-state index contributed by atoms with van der Waals surface area (Å²) in [6, 6.07) is 8.64. The predicted octanol–water partition coefficient (Wildman–Crippen LogP) is 3.83. The molecule has 3 rings (SSSR count). The topological polar surface area (TPSA) is 59.4 Å². The third-order valence-electron chi connectivity index (χ3n) is 6.01. The van der Waals surface area contributed by atoms with Crippen molar-refractivity contribution in [3.63, 3.8) is 0 Å². The molecule has 1 aliphatic heterocycles. The van der Waals surface area contributed by atoms with Crippen LogP contribution in [0.1, 0.15) is 39.2 Å². The lowest BCUT2D eigenvalue weighted by atomic mass is 9.72. The molecule has 0 spiro atoms. The van der Waals surface area contributed by atoms with Gasteiger partial charge in [-0.3, -0.25) is 15.6 Å². The summed E-state index contributed by atoms with van der Waals surface area (Å²) < 4.78 is 1.01. The van der Waals surface area contributed by atoms with Crippen molar-refractivity contribution in [2.75, 3.05) is 26.2 Å². The SMILES string of the molecule is CC(C)C(C)(C(=N)NC(=O)N1CCN(C2CC2)CC1)c1ccc(Br)cc1. The van der Waals surface area contributed by atoms with E-state index >= 15 is 0 Å². The Kier molecular flexibility index (Phi) is 5.72. The van der Waals surface area contributed by atoms with Crippen molar-refractivity contribution in [3.05, 3.63) is 34.3 Å². The number of nitrogens with zero attached hydrogens (tertiary/aromatic N) is 2. The number of amides is 2. The second-order valence-electron chi connectivity index (χ2n) is 7.92. The third kappa shape index (κ3) is 3.96. The minimum atomic E-state index is -0.536. The van der Waals surface area contributed by atoms with Crippen LogP contribution in [0.5, 0.6) is 0 Å². The molecule has 1 aliphatic carbocycles. The van der Waals surface area contributed by atoms with Crippen LogP contribution in [0.25, 0.3) is 0 Å². The number of hydrogen-bond acceptors (Lipinski definition) is 3. The molecule has 1 saturated heterocycles. The Labute approximate surface area is 164 Å². The van der Waals surface area contributed by atoms with E-state index in [2.05, 4.69) is 40.0 Å². The molecule has 2 N–H and O–H groups in total. The molecule has 2 fully saturated rings. The van der Waals surface area contributed by atoms with E-state index in [4.69, 9.17) is 5.41 Å². The normalized spacial score (nSPS) is 20.7. The number of urea groups is 1. The van der Waals surface area contributed by atoms with E-state index in [0.717, 1.165) is 42.3 Å². The molecule has 1 aromatic carbocycles. The molecule has 6 heteroatoms. The molecule has 0 aromatic heterocycles. The molecule has 26 heavy (non-hydrogen) atoms. The number of nitrogens with one attached hydrogen (secondary N) is 2. The van der Waals surface area contributed by atoms with Gasteiger partial charge in [0.05, 0.1) is 5.41 Å². The first-order valence-electron chi connectivity index (χ1n) is 9.47. The van der Waals surface area contributed by atoms with Crippen LogP contribution in [-0.2, 0) is 5.41 Å². The number of piperazine rings is 1. The van der Waals surface area contributed by atoms with Crippen molar-refractivity contribution in [1.29, 1.82) is 5.41 Å². The monoisotopic (exact) mass is 420 g/mol. The van der Waals surface area contributed by atoms with Crippen LogP contribution in [0, 0.1) is 11.3 Å². The van der Waals surface area contributed by atoms with Gasteiger partial charge in [0.25, 0.3) is 0 Å². The minimum Gasteiger partial charge on any atom is -0.322 e. The van der Waals surface area contributed by atoms with Crippen LogP contribution < -0.4 is 5.32 Å². The lowest BCUT2D eigenvalue weighted by Crippen LogP contribution is -2.56. The summed E-state index contributed by atoms with van der Waals surface area (Å²) in [4.78, 5) is 17.0. The van der Waals surface area contributed by atoms with Crippen molar-refractivity contribution in [2.24, 2.45) is 5.92 Å². The Balaban J connectivity index is 1.66. The fourth-order valence-electron chi connectivity index (χ4n) is 3.61. The average molecular weight is 421 g/mol. The van der Waals surface area contributed by atoms with E-state index in [-0.39, 0.29) is 17.8 Å². The molecule has 1 unspecified atom stereocenters. The largest absolute Gasteiger partial charge is 0.322 e. The van der Waals surface area contributed by atoms with Gasteiger partial charge in [-0.1, -0.05) is 41.9 Å².